The van der Waals surface area contributed by atoms with Crippen molar-refractivity contribution in [2.24, 2.45) is 7.05 Å². The van der Waals surface area contributed by atoms with Crippen LogP contribution < -0.4 is 10.7 Å². The molecular weight excluding hydrogens is 330 g/mol. The number of carbonyl (C=O) groups excluding carboxylic acids is 1. The van der Waals surface area contributed by atoms with Gasteiger partial charge in [0.2, 0.25) is 5.43 Å². The number of aryl methyl sites for hydroxylation is 2. The van der Waals surface area contributed by atoms with E-state index in [1.165, 1.54) is 12.8 Å². The van der Waals surface area contributed by atoms with Crippen LogP contribution in [0, 0.1) is 6.92 Å². The second-order valence-corrected chi connectivity index (χ2v) is 7.43. The fourth-order valence-corrected chi connectivity index (χ4v) is 4.13. The molecule has 2 atom stereocenters. The summed E-state index contributed by atoms with van der Waals surface area (Å²) >= 11 is 0. The molecule has 0 aliphatic carbocycles. The van der Waals surface area contributed by atoms with Gasteiger partial charge in [0.05, 0.1) is 30.8 Å². The molecule has 26 heavy (non-hydrogen) atoms. The lowest BCUT2D eigenvalue weighted by molar-refractivity contribution is 0.0915. The van der Waals surface area contributed by atoms with Gasteiger partial charge >= 0.3 is 0 Å². The van der Waals surface area contributed by atoms with E-state index in [4.69, 9.17) is 4.74 Å². The number of benzene rings is 1. The fraction of sp³-hybridized carbons (Fsp3) is 0.500. The van der Waals surface area contributed by atoms with Crippen molar-refractivity contribution >= 4 is 16.8 Å². The van der Waals surface area contributed by atoms with Gasteiger partial charge in [-0.1, -0.05) is 11.6 Å². The zero-order valence-electron chi connectivity index (χ0n) is 15.3. The summed E-state index contributed by atoms with van der Waals surface area (Å²) in [5.74, 6) is -0.311. The number of hydrogen-bond donors (Lipinski definition) is 1. The van der Waals surface area contributed by atoms with E-state index in [0.717, 1.165) is 24.2 Å². The summed E-state index contributed by atoms with van der Waals surface area (Å²) < 4.78 is 7.46. The van der Waals surface area contributed by atoms with Gasteiger partial charge in [-0.05, 0) is 45.0 Å². The Kier molecular flexibility index (Phi) is 4.54. The SMILES string of the molecule is Cc1ccc2c(c1)c(=O)c(C(=O)N[C@H]1COC[C@@H]1N1CCCC1)cn2C. The summed E-state index contributed by atoms with van der Waals surface area (Å²) in [7, 11) is 1.86. The van der Waals surface area contributed by atoms with Crippen LogP contribution in [-0.2, 0) is 11.8 Å². The standard InChI is InChI=1S/C20H25N3O3/c1-13-5-6-17-14(9-13)19(24)15(10-22(17)2)20(25)21-16-11-26-12-18(16)23-7-3-4-8-23/h5-6,9-10,16,18H,3-4,7-8,11-12H2,1-2H3,(H,21,25)/t16-,18-/m0/s1. The Morgan fingerprint density at radius 1 is 1.23 bits per heavy atom. The highest BCUT2D eigenvalue weighted by molar-refractivity contribution is 5.97. The van der Waals surface area contributed by atoms with E-state index in [2.05, 4.69) is 10.2 Å². The predicted molar refractivity (Wildman–Crippen MR) is 101 cm³/mol. The van der Waals surface area contributed by atoms with Gasteiger partial charge in [0, 0.05) is 18.6 Å². The number of fused-ring (bicyclic) bond motifs is 1. The molecule has 6 heteroatoms. The summed E-state index contributed by atoms with van der Waals surface area (Å²) in [6.07, 6.45) is 4.03. The van der Waals surface area contributed by atoms with Crippen molar-refractivity contribution in [3.8, 4) is 0 Å². The number of nitrogens with one attached hydrogen (secondary N) is 1. The number of rotatable bonds is 3. The van der Waals surface area contributed by atoms with Crippen molar-refractivity contribution in [1.82, 2.24) is 14.8 Å². The number of nitrogens with zero attached hydrogens (tertiary/aromatic N) is 2. The third kappa shape index (κ3) is 3.04. The van der Waals surface area contributed by atoms with Gasteiger partial charge < -0.3 is 14.6 Å². The second-order valence-electron chi connectivity index (χ2n) is 7.43. The van der Waals surface area contributed by atoms with Crippen LogP contribution in [0.2, 0.25) is 0 Å². The molecule has 0 saturated carbocycles. The van der Waals surface area contributed by atoms with Crippen LogP contribution in [0.4, 0.5) is 0 Å². The molecule has 2 saturated heterocycles. The molecule has 2 aromatic rings. The molecule has 4 rings (SSSR count). The number of hydrogen-bond acceptors (Lipinski definition) is 4. The average molecular weight is 355 g/mol. The van der Waals surface area contributed by atoms with Gasteiger partial charge in [0.1, 0.15) is 5.56 Å². The minimum absolute atomic E-state index is 0.0708. The Balaban J connectivity index is 1.62. The predicted octanol–water partition coefficient (Wildman–Crippen LogP) is 1.44. The van der Waals surface area contributed by atoms with Gasteiger partial charge in [0.25, 0.3) is 5.91 Å². The zero-order chi connectivity index (χ0) is 18.3. The first kappa shape index (κ1) is 17.2. The number of pyridine rings is 1. The van der Waals surface area contributed by atoms with Crippen molar-refractivity contribution in [3.05, 3.63) is 45.7 Å². The first-order valence-electron chi connectivity index (χ1n) is 9.27. The fourth-order valence-electron chi connectivity index (χ4n) is 4.13. The van der Waals surface area contributed by atoms with Gasteiger partial charge in [-0.3, -0.25) is 14.5 Å². The topological polar surface area (TPSA) is 63.6 Å². The molecule has 2 fully saturated rings. The Hall–Kier alpha value is -2.18. The molecule has 138 valence electrons. The van der Waals surface area contributed by atoms with Crippen LogP contribution in [0.3, 0.4) is 0 Å². The van der Waals surface area contributed by atoms with Crippen LogP contribution in [0.5, 0.6) is 0 Å². The van der Waals surface area contributed by atoms with E-state index in [1.54, 1.807) is 6.20 Å². The number of likely N-dealkylation sites (tertiary alicyclic amines) is 1. The van der Waals surface area contributed by atoms with E-state index in [1.807, 2.05) is 36.7 Å². The van der Waals surface area contributed by atoms with Gasteiger partial charge in [-0.15, -0.1) is 0 Å². The molecule has 1 amide bonds. The molecule has 2 aliphatic heterocycles. The Morgan fingerprint density at radius 2 is 2.00 bits per heavy atom. The van der Waals surface area contributed by atoms with Crippen molar-refractivity contribution in [3.63, 3.8) is 0 Å². The highest BCUT2D eigenvalue weighted by atomic mass is 16.5. The van der Waals surface area contributed by atoms with E-state index >= 15 is 0 Å². The van der Waals surface area contributed by atoms with Crippen LogP contribution in [0.15, 0.2) is 29.2 Å². The Labute approximate surface area is 152 Å². The van der Waals surface area contributed by atoms with E-state index in [0.29, 0.717) is 18.6 Å². The maximum atomic E-state index is 12.9. The van der Waals surface area contributed by atoms with E-state index in [-0.39, 0.29) is 29.0 Å². The van der Waals surface area contributed by atoms with Crippen molar-refractivity contribution in [2.45, 2.75) is 31.8 Å². The monoisotopic (exact) mass is 355 g/mol. The van der Waals surface area contributed by atoms with Gasteiger partial charge in [0.15, 0.2) is 0 Å². The highest BCUT2D eigenvalue weighted by Crippen LogP contribution is 2.19. The first-order chi connectivity index (χ1) is 12.5. The maximum absolute atomic E-state index is 12.9. The average Bonchev–Trinajstić information content (AvgIpc) is 3.29. The highest BCUT2D eigenvalue weighted by Gasteiger charge is 2.35. The van der Waals surface area contributed by atoms with Crippen molar-refractivity contribution in [1.29, 1.82) is 0 Å². The lowest BCUT2D eigenvalue weighted by Crippen LogP contribution is -2.50. The number of ether oxygens (including phenoxy) is 1. The molecule has 0 unspecified atom stereocenters. The minimum Gasteiger partial charge on any atom is -0.378 e. The summed E-state index contributed by atoms with van der Waals surface area (Å²) in [5, 5.41) is 3.63. The minimum atomic E-state index is -0.311. The van der Waals surface area contributed by atoms with Crippen molar-refractivity contribution in [2.75, 3.05) is 26.3 Å². The molecule has 0 spiro atoms. The first-order valence-corrected chi connectivity index (χ1v) is 9.27. The quantitative estimate of drug-likeness (QED) is 0.905. The summed E-state index contributed by atoms with van der Waals surface area (Å²) in [4.78, 5) is 28.1. The third-order valence-corrected chi connectivity index (χ3v) is 5.57. The lowest BCUT2D eigenvalue weighted by Gasteiger charge is -2.27. The summed E-state index contributed by atoms with van der Waals surface area (Å²) in [5.41, 5.74) is 1.82. The largest absolute Gasteiger partial charge is 0.378 e. The van der Waals surface area contributed by atoms with Crippen LogP contribution in [0.25, 0.3) is 10.9 Å². The smallest absolute Gasteiger partial charge is 0.257 e. The van der Waals surface area contributed by atoms with E-state index < -0.39 is 0 Å². The Morgan fingerprint density at radius 3 is 2.77 bits per heavy atom. The molecule has 1 N–H and O–H groups in total. The maximum Gasteiger partial charge on any atom is 0.257 e. The van der Waals surface area contributed by atoms with E-state index in [9.17, 15) is 9.59 Å². The van der Waals surface area contributed by atoms with Gasteiger partial charge in [-0.2, -0.15) is 0 Å². The van der Waals surface area contributed by atoms with Crippen LogP contribution in [-0.4, -0.2) is 53.8 Å². The normalized spacial score (nSPS) is 23.6. The molecule has 1 aromatic carbocycles. The lowest BCUT2D eigenvalue weighted by atomic mass is 10.1. The zero-order valence-corrected chi connectivity index (χ0v) is 15.3. The number of carbonyl (C=O) groups is 1. The van der Waals surface area contributed by atoms with Gasteiger partial charge in [-0.25, -0.2) is 0 Å². The second kappa shape index (κ2) is 6.85. The molecule has 2 aliphatic rings. The molecule has 0 bridgehead atoms. The molecule has 0 radical (unpaired) electrons. The molecule has 6 nitrogen and oxygen atoms in total. The van der Waals surface area contributed by atoms with Crippen LogP contribution >= 0.6 is 0 Å². The summed E-state index contributed by atoms with van der Waals surface area (Å²) in [6.45, 7) is 5.19. The molecule has 3 heterocycles. The van der Waals surface area contributed by atoms with Crippen LogP contribution in [0.1, 0.15) is 28.8 Å². The number of aromatic nitrogens is 1. The van der Waals surface area contributed by atoms with Crippen molar-refractivity contribution < 1.29 is 9.53 Å². The molecule has 1 aromatic heterocycles. The third-order valence-electron chi connectivity index (χ3n) is 5.57. The number of amides is 1. The molecular formula is C20H25N3O3. The summed E-state index contributed by atoms with van der Waals surface area (Å²) in [6, 6.07) is 5.87. The Bertz CT molecular complexity index is 899.